The van der Waals surface area contributed by atoms with Crippen LogP contribution < -0.4 is 15.2 Å². The molecule has 1 atom stereocenters. The van der Waals surface area contributed by atoms with Gasteiger partial charge in [0.15, 0.2) is 0 Å². The minimum absolute atomic E-state index is 0.00669. The molecule has 3 N–H and O–H groups in total. The highest BCUT2D eigenvalue weighted by Gasteiger charge is 2.16. The second-order valence-electron chi connectivity index (χ2n) is 6.01. The van der Waals surface area contributed by atoms with Crippen LogP contribution in [0.4, 0.5) is 0 Å². The van der Waals surface area contributed by atoms with Gasteiger partial charge in [0, 0.05) is 21.4 Å². The van der Waals surface area contributed by atoms with Crippen molar-refractivity contribution in [3.8, 4) is 11.5 Å². The smallest absolute Gasteiger partial charge is 0.123 e. The van der Waals surface area contributed by atoms with Crippen molar-refractivity contribution < 1.29 is 14.6 Å². The summed E-state index contributed by atoms with van der Waals surface area (Å²) in [6.07, 6.45) is 5.70. The Labute approximate surface area is 147 Å². The molecule has 0 saturated heterocycles. The number of ether oxygens (including phenoxy) is 2. The van der Waals surface area contributed by atoms with Crippen LogP contribution in [0, 0.1) is 0 Å². The van der Waals surface area contributed by atoms with Gasteiger partial charge in [-0.1, -0.05) is 6.07 Å². The second kappa shape index (κ2) is 8.87. The lowest BCUT2D eigenvalue weighted by molar-refractivity contribution is 0.201. The predicted octanol–water partition coefficient (Wildman–Crippen LogP) is 3.49. The Bertz CT molecular complexity index is 664. The molecule has 2 aromatic rings. The van der Waals surface area contributed by atoms with Crippen molar-refractivity contribution in [3.05, 3.63) is 52.2 Å². The third-order valence-electron chi connectivity index (χ3n) is 3.66. The molecule has 0 aliphatic heterocycles. The van der Waals surface area contributed by atoms with Crippen molar-refractivity contribution >= 4 is 17.4 Å². The molecule has 5 heteroatoms. The van der Waals surface area contributed by atoms with Crippen molar-refractivity contribution in [3.63, 3.8) is 0 Å². The highest BCUT2D eigenvalue weighted by molar-refractivity contribution is 7.12. The van der Waals surface area contributed by atoms with E-state index in [1.807, 2.05) is 37.3 Å². The Morgan fingerprint density at radius 2 is 2.04 bits per heavy atom. The van der Waals surface area contributed by atoms with E-state index in [2.05, 4.69) is 18.2 Å². The number of aliphatic hydroxyl groups excluding tert-OH is 1. The van der Waals surface area contributed by atoms with Gasteiger partial charge in [-0.05, 0) is 56.2 Å². The summed E-state index contributed by atoms with van der Waals surface area (Å²) in [5.41, 5.74) is 5.45. The van der Waals surface area contributed by atoms with Crippen molar-refractivity contribution in [2.24, 2.45) is 5.73 Å². The van der Waals surface area contributed by atoms with Gasteiger partial charge >= 0.3 is 0 Å². The maximum Gasteiger partial charge on any atom is 0.123 e. The summed E-state index contributed by atoms with van der Waals surface area (Å²) >= 11 is 1.74. The van der Waals surface area contributed by atoms with E-state index in [1.165, 1.54) is 9.75 Å². The zero-order chi connectivity index (χ0) is 17.4. The summed E-state index contributed by atoms with van der Waals surface area (Å²) in [4.78, 5) is 2.45. The lowest BCUT2D eigenvalue weighted by Gasteiger charge is -2.20. The van der Waals surface area contributed by atoms with Gasteiger partial charge in [0.05, 0.1) is 13.7 Å². The van der Waals surface area contributed by atoms with Gasteiger partial charge in [-0.25, -0.2) is 0 Å². The topological polar surface area (TPSA) is 64.7 Å². The van der Waals surface area contributed by atoms with Gasteiger partial charge in [0.1, 0.15) is 18.1 Å². The monoisotopic (exact) mass is 347 g/mol. The van der Waals surface area contributed by atoms with Gasteiger partial charge in [0.25, 0.3) is 0 Å². The average Bonchev–Trinajstić information content (AvgIpc) is 3.05. The molecule has 0 amide bonds. The van der Waals surface area contributed by atoms with Crippen LogP contribution in [0.1, 0.15) is 23.1 Å². The quantitative estimate of drug-likeness (QED) is 0.729. The number of rotatable bonds is 9. The average molecular weight is 347 g/mol. The maximum absolute atomic E-state index is 9.19. The van der Waals surface area contributed by atoms with Crippen LogP contribution in [-0.2, 0) is 6.42 Å². The molecule has 1 unspecified atom stereocenters. The van der Waals surface area contributed by atoms with Crippen molar-refractivity contribution in [1.82, 2.24) is 0 Å². The van der Waals surface area contributed by atoms with E-state index in [1.54, 1.807) is 18.4 Å². The standard InChI is InChI=1S/C19H25NO3S/c1-19(20,14-21)11-10-18-9-8-17(24-18)7-4-12-23-16-6-3-5-15(13-16)22-2/h3-9,13,21H,10-12,14,20H2,1-2H3/b7-4+. The Balaban J connectivity index is 1.80. The highest BCUT2D eigenvalue weighted by Crippen LogP contribution is 2.22. The van der Waals surface area contributed by atoms with Crippen LogP contribution in [0.5, 0.6) is 11.5 Å². The third-order valence-corrected chi connectivity index (χ3v) is 4.77. The van der Waals surface area contributed by atoms with Crippen molar-refractivity contribution in [1.29, 1.82) is 0 Å². The van der Waals surface area contributed by atoms with Crippen molar-refractivity contribution in [2.45, 2.75) is 25.3 Å². The molecule has 1 aromatic heterocycles. The fraction of sp³-hybridized carbons (Fsp3) is 0.368. The van der Waals surface area contributed by atoms with E-state index in [9.17, 15) is 5.11 Å². The largest absolute Gasteiger partial charge is 0.497 e. The first-order chi connectivity index (χ1) is 11.5. The highest BCUT2D eigenvalue weighted by atomic mass is 32.1. The first-order valence-electron chi connectivity index (χ1n) is 7.94. The molecule has 0 bridgehead atoms. The van der Waals surface area contributed by atoms with Crippen LogP contribution >= 0.6 is 11.3 Å². The van der Waals surface area contributed by atoms with E-state index >= 15 is 0 Å². The molecule has 0 spiro atoms. The van der Waals surface area contributed by atoms with Crippen LogP contribution in [0.25, 0.3) is 6.08 Å². The number of nitrogens with two attached hydrogens (primary N) is 1. The lowest BCUT2D eigenvalue weighted by Crippen LogP contribution is -2.40. The van der Waals surface area contributed by atoms with Crippen LogP contribution in [0.2, 0.25) is 0 Å². The molecule has 0 aliphatic rings. The number of methoxy groups -OCH3 is 1. The minimum Gasteiger partial charge on any atom is -0.497 e. The number of aryl methyl sites for hydroxylation is 1. The lowest BCUT2D eigenvalue weighted by atomic mass is 9.98. The number of hydrogen-bond donors (Lipinski definition) is 2. The first-order valence-corrected chi connectivity index (χ1v) is 8.76. The number of thiophene rings is 1. The van der Waals surface area contributed by atoms with Gasteiger partial charge < -0.3 is 20.3 Å². The van der Waals surface area contributed by atoms with E-state index in [0.717, 1.165) is 24.3 Å². The third kappa shape index (κ3) is 6.00. The van der Waals surface area contributed by atoms with Gasteiger partial charge in [0.2, 0.25) is 0 Å². The first kappa shape index (κ1) is 18.5. The van der Waals surface area contributed by atoms with E-state index < -0.39 is 5.54 Å². The fourth-order valence-electron chi connectivity index (χ4n) is 2.11. The number of hydrogen-bond acceptors (Lipinski definition) is 5. The van der Waals surface area contributed by atoms with Gasteiger partial charge in [-0.2, -0.15) is 0 Å². The Morgan fingerprint density at radius 3 is 2.79 bits per heavy atom. The zero-order valence-corrected chi connectivity index (χ0v) is 15.0. The van der Waals surface area contributed by atoms with Crippen LogP contribution in [0.3, 0.4) is 0 Å². The molecule has 0 fully saturated rings. The maximum atomic E-state index is 9.19. The van der Waals surface area contributed by atoms with Crippen molar-refractivity contribution in [2.75, 3.05) is 20.3 Å². The van der Waals surface area contributed by atoms with Crippen LogP contribution in [0.15, 0.2) is 42.5 Å². The summed E-state index contributed by atoms with van der Waals surface area (Å²) < 4.78 is 10.8. The summed E-state index contributed by atoms with van der Waals surface area (Å²) in [7, 11) is 1.64. The molecule has 2 rings (SSSR count). The van der Waals surface area contributed by atoms with Gasteiger partial charge in [-0.15, -0.1) is 11.3 Å². The molecule has 0 saturated carbocycles. The molecular weight excluding hydrogens is 322 g/mol. The summed E-state index contributed by atoms with van der Waals surface area (Å²) in [6, 6.07) is 11.8. The molecule has 0 aliphatic carbocycles. The normalized spacial score (nSPS) is 13.8. The Kier molecular flexibility index (Phi) is 6.85. The molecule has 4 nitrogen and oxygen atoms in total. The van der Waals surface area contributed by atoms with E-state index in [-0.39, 0.29) is 6.61 Å². The summed E-state index contributed by atoms with van der Waals surface area (Å²) in [6.45, 7) is 2.38. The van der Waals surface area contributed by atoms with Crippen LogP contribution in [-0.4, -0.2) is 31.0 Å². The number of benzene rings is 1. The summed E-state index contributed by atoms with van der Waals surface area (Å²) in [5.74, 6) is 1.58. The molecular formula is C19H25NO3S. The minimum atomic E-state index is -0.509. The number of aliphatic hydroxyl groups is 1. The van der Waals surface area contributed by atoms with E-state index in [0.29, 0.717) is 6.61 Å². The van der Waals surface area contributed by atoms with E-state index in [4.69, 9.17) is 15.2 Å². The molecule has 1 aromatic carbocycles. The Morgan fingerprint density at radius 1 is 1.25 bits per heavy atom. The molecule has 0 radical (unpaired) electrons. The summed E-state index contributed by atoms with van der Waals surface area (Å²) in [5, 5.41) is 9.19. The second-order valence-corrected chi connectivity index (χ2v) is 7.21. The predicted molar refractivity (Wildman–Crippen MR) is 99.8 cm³/mol. The SMILES string of the molecule is COc1cccc(OC/C=C/c2ccc(CCC(C)(N)CO)s2)c1. The molecule has 130 valence electrons. The fourth-order valence-corrected chi connectivity index (χ4v) is 3.05. The molecule has 24 heavy (non-hydrogen) atoms. The Hall–Kier alpha value is -1.82. The zero-order valence-electron chi connectivity index (χ0n) is 14.2. The van der Waals surface area contributed by atoms with Gasteiger partial charge in [-0.3, -0.25) is 0 Å². The molecule has 1 heterocycles.